The fraction of sp³-hybridized carbons (Fsp3) is 0.824. The molecular formula is C17H30N4. The minimum atomic E-state index is 0.752. The summed E-state index contributed by atoms with van der Waals surface area (Å²) >= 11 is 0. The van der Waals surface area contributed by atoms with Crippen molar-refractivity contribution < 1.29 is 0 Å². The fourth-order valence-corrected chi connectivity index (χ4v) is 4.39. The third kappa shape index (κ3) is 2.83. The number of nitrogens with one attached hydrogen (secondary N) is 1. The Labute approximate surface area is 128 Å². The van der Waals surface area contributed by atoms with E-state index in [1.807, 2.05) is 0 Å². The first-order valence-corrected chi connectivity index (χ1v) is 8.72. The van der Waals surface area contributed by atoms with Gasteiger partial charge in [-0.1, -0.05) is 19.8 Å². The summed E-state index contributed by atoms with van der Waals surface area (Å²) < 4.78 is 2.12. The van der Waals surface area contributed by atoms with Gasteiger partial charge >= 0.3 is 0 Å². The molecule has 1 saturated carbocycles. The third-order valence-electron chi connectivity index (χ3n) is 5.38. The molecule has 4 nitrogen and oxygen atoms in total. The Balaban J connectivity index is 1.87. The molecule has 21 heavy (non-hydrogen) atoms. The topological polar surface area (TPSA) is 33.1 Å². The lowest BCUT2D eigenvalue weighted by molar-refractivity contribution is 0.425. The predicted octanol–water partition coefficient (Wildman–Crippen LogP) is 3.00. The molecule has 0 radical (unpaired) electrons. The van der Waals surface area contributed by atoms with E-state index in [0.717, 1.165) is 25.0 Å². The first-order valence-electron chi connectivity index (χ1n) is 8.72. The largest absolute Gasteiger partial charge is 0.353 e. The highest BCUT2D eigenvalue weighted by Crippen LogP contribution is 2.39. The summed E-state index contributed by atoms with van der Waals surface area (Å²) in [6.07, 6.45) is 8.44. The van der Waals surface area contributed by atoms with Crippen LogP contribution in [0.5, 0.6) is 0 Å². The molecule has 1 aromatic heterocycles. The van der Waals surface area contributed by atoms with Crippen LogP contribution in [-0.2, 0) is 13.6 Å². The highest BCUT2D eigenvalue weighted by atomic mass is 15.4. The molecule has 1 atom stereocenters. The van der Waals surface area contributed by atoms with Gasteiger partial charge < -0.3 is 10.2 Å². The molecule has 2 fully saturated rings. The highest BCUT2D eigenvalue weighted by molar-refractivity contribution is 5.52. The lowest BCUT2D eigenvalue weighted by Crippen LogP contribution is -2.36. The van der Waals surface area contributed by atoms with Crippen molar-refractivity contribution in [2.45, 2.75) is 65.0 Å². The van der Waals surface area contributed by atoms with Gasteiger partial charge in [0.15, 0.2) is 0 Å². The Bertz CT molecular complexity index is 473. The van der Waals surface area contributed by atoms with Gasteiger partial charge in [0, 0.05) is 31.7 Å². The second kappa shape index (κ2) is 6.39. The van der Waals surface area contributed by atoms with Crippen molar-refractivity contribution >= 4 is 5.82 Å². The monoisotopic (exact) mass is 290 g/mol. The van der Waals surface area contributed by atoms with Gasteiger partial charge in [-0.25, -0.2) is 0 Å². The summed E-state index contributed by atoms with van der Waals surface area (Å²) in [5, 5.41) is 8.19. The van der Waals surface area contributed by atoms with Gasteiger partial charge in [-0.15, -0.1) is 0 Å². The number of aryl methyl sites for hydroxylation is 2. The summed E-state index contributed by atoms with van der Waals surface area (Å²) in [6.45, 7) is 7.48. The predicted molar refractivity (Wildman–Crippen MR) is 87.7 cm³/mol. The maximum absolute atomic E-state index is 4.70. The number of rotatable bonds is 5. The molecule has 1 aliphatic carbocycles. The van der Waals surface area contributed by atoms with E-state index in [9.17, 15) is 0 Å². The van der Waals surface area contributed by atoms with E-state index >= 15 is 0 Å². The Morgan fingerprint density at radius 3 is 2.67 bits per heavy atom. The number of hydrogen-bond acceptors (Lipinski definition) is 3. The van der Waals surface area contributed by atoms with Gasteiger partial charge in [-0.2, -0.15) is 5.10 Å². The second-order valence-corrected chi connectivity index (χ2v) is 6.74. The molecule has 1 unspecified atom stereocenters. The van der Waals surface area contributed by atoms with Gasteiger partial charge in [0.2, 0.25) is 0 Å². The van der Waals surface area contributed by atoms with Crippen LogP contribution in [0.4, 0.5) is 5.82 Å². The van der Waals surface area contributed by atoms with Crippen LogP contribution in [0.2, 0.25) is 0 Å². The Hall–Kier alpha value is -1.03. The van der Waals surface area contributed by atoms with Gasteiger partial charge in [0.1, 0.15) is 5.82 Å². The van der Waals surface area contributed by atoms with E-state index in [4.69, 9.17) is 5.10 Å². The van der Waals surface area contributed by atoms with Crippen molar-refractivity contribution in [3.05, 3.63) is 11.3 Å². The molecule has 2 heterocycles. The van der Waals surface area contributed by atoms with Crippen molar-refractivity contribution in [3.63, 3.8) is 0 Å². The molecular weight excluding hydrogens is 260 g/mol. The average molecular weight is 290 g/mol. The Morgan fingerprint density at radius 2 is 1.95 bits per heavy atom. The molecule has 0 bridgehead atoms. The van der Waals surface area contributed by atoms with Crippen molar-refractivity contribution in [1.82, 2.24) is 15.1 Å². The maximum Gasteiger partial charge on any atom is 0.131 e. The van der Waals surface area contributed by atoms with Gasteiger partial charge in [0.05, 0.1) is 5.69 Å². The molecule has 118 valence electrons. The quantitative estimate of drug-likeness (QED) is 0.905. The molecule has 2 aliphatic rings. The smallest absolute Gasteiger partial charge is 0.131 e. The summed E-state index contributed by atoms with van der Waals surface area (Å²) in [5.41, 5.74) is 2.59. The van der Waals surface area contributed by atoms with Crippen LogP contribution in [0.25, 0.3) is 0 Å². The van der Waals surface area contributed by atoms with E-state index in [1.165, 1.54) is 62.1 Å². The lowest BCUT2D eigenvalue weighted by Gasteiger charge is -2.32. The Morgan fingerprint density at radius 1 is 1.19 bits per heavy atom. The minimum Gasteiger partial charge on any atom is -0.353 e. The number of anilines is 1. The molecule has 1 aromatic rings. The van der Waals surface area contributed by atoms with Crippen LogP contribution < -0.4 is 10.2 Å². The number of aromatic nitrogens is 2. The Kier molecular flexibility index (Phi) is 4.53. The zero-order valence-corrected chi connectivity index (χ0v) is 13.9. The van der Waals surface area contributed by atoms with Crippen molar-refractivity contribution in [3.8, 4) is 0 Å². The van der Waals surface area contributed by atoms with Crippen LogP contribution in [-0.4, -0.2) is 28.9 Å². The zero-order valence-electron chi connectivity index (χ0n) is 13.9. The molecule has 1 saturated heterocycles. The first kappa shape index (κ1) is 14.9. The van der Waals surface area contributed by atoms with E-state index < -0.39 is 0 Å². The highest BCUT2D eigenvalue weighted by Gasteiger charge is 2.35. The first-order chi connectivity index (χ1) is 10.2. The zero-order chi connectivity index (χ0) is 14.8. The lowest BCUT2D eigenvalue weighted by atomic mass is 9.96. The van der Waals surface area contributed by atoms with Crippen molar-refractivity contribution in [2.75, 3.05) is 18.0 Å². The molecule has 0 amide bonds. The van der Waals surface area contributed by atoms with Gasteiger partial charge in [0.25, 0.3) is 0 Å². The summed E-state index contributed by atoms with van der Waals surface area (Å²) in [4.78, 5) is 2.68. The van der Waals surface area contributed by atoms with Gasteiger partial charge in [-0.3, -0.25) is 4.68 Å². The maximum atomic E-state index is 4.70. The second-order valence-electron chi connectivity index (χ2n) is 6.74. The fourth-order valence-electron chi connectivity index (χ4n) is 4.39. The van der Waals surface area contributed by atoms with E-state index in [1.54, 1.807) is 0 Å². The van der Waals surface area contributed by atoms with Crippen LogP contribution >= 0.6 is 0 Å². The summed E-state index contributed by atoms with van der Waals surface area (Å²) in [5.74, 6) is 2.29. The number of hydrogen-bond donors (Lipinski definition) is 1. The average Bonchev–Trinajstić information content (AvgIpc) is 3.16. The SMILES string of the molecule is CCNCc1c(C)nn(C)c1N1CCCC1C1CCCC1. The van der Waals surface area contributed by atoms with Crippen LogP contribution in [0.3, 0.4) is 0 Å². The van der Waals surface area contributed by atoms with Crippen LogP contribution in [0.1, 0.15) is 56.7 Å². The molecule has 0 aromatic carbocycles. The number of nitrogens with zero attached hydrogens (tertiary/aromatic N) is 3. The van der Waals surface area contributed by atoms with Crippen LogP contribution in [0.15, 0.2) is 0 Å². The summed E-state index contributed by atoms with van der Waals surface area (Å²) in [6, 6.07) is 0.752. The summed E-state index contributed by atoms with van der Waals surface area (Å²) in [7, 11) is 2.11. The third-order valence-corrected chi connectivity index (χ3v) is 5.38. The van der Waals surface area contributed by atoms with Gasteiger partial charge in [-0.05, 0) is 45.1 Å². The molecule has 0 spiro atoms. The molecule has 4 heteroatoms. The molecule has 1 aliphatic heterocycles. The standard InChI is InChI=1S/C17H30N4/c1-4-18-12-15-13(2)19-20(3)17(15)21-11-7-10-16(21)14-8-5-6-9-14/h14,16,18H,4-12H2,1-3H3. The van der Waals surface area contributed by atoms with Crippen molar-refractivity contribution in [1.29, 1.82) is 0 Å². The minimum absolute atomic E-state index is 0.752. The van der Waals surface area contributed by atoms with Crippen molar-refractivity contribution in [2.24, 2.45) is 13.0 Å². The van der Waals surface area contributed by atoms with E-state index in [2.05, 4.69) is 35.8 Å². The van der Waals surface area contributed by atoms with E-state index in [0.29, 0.717) is 0 Å². The molecule has 1 N–H and O–H groups in total. The molecule has 3 rings (SSSR count). The normalized spacial score (nSPS) is 23.4. The van der Waals surface area contributed by atoms with Crippen LogP contribution in [0, 0.1) is 12.8 Å². The van der Waals surface area contributed by atoms with E-state index in [-0.39, 0.29) is 0 Å².